The van der Waals surface area contributed by atoms with Gasteiger partial charge in [0, 0.05) is 0 Å². The molecule has 1 aromatic heterocycles. The molecule has 1 aromatic rings. The first-order chi connectivity index (χ1) is 5.57. The van der Waals surface area contributed by atoms with Crippen LogP contribution in [0, 0.1) is 0 Å². The lowest BCUT2D eigenvalue weighted by Gasteiger charge is -1.95. The van der Waals surface area contributed by atoms with Gasteiger partial charge in [-0.05, 0) is 0 Å². The van der Waals surface area contributed by atoms with E-state index in [2.05, 4.69) is 4.74 Å². The fourth-order valence-corrected chi connectivity index (χ4v) is 2.51. The molecule has 0 radical (unpaired) electrons. The van der Waals surface area contributed by atoms with Crippen molar-refractivity contribution in [2.75, 3.05) is 7.11 Å². The average Bonchev–Trinajstić information content (AvgIpc) is 2.26. The first kappa shape index (κ1) is 10.1. The Balaban J connectivity index is 3.22. The Kier molecular flexibility index (Phi) is 3.23. The van der Waals surface area contributed by atoms with E-state index < -0.39 is 5.97 Å². The molecule has 0 saturated carbocycles. The largest absolute Gasteiger partial charge is 0.465 e. The zero-order valence-electron chi connectivity index (χ0n) is 5.86. The van der Waals surface area contributed by atoms with E-state index in [1.807, 2.05) is 0 Å². The van der Waals surface area contributed by atoms with Crippen LogP contribution in [0.25, 0.3) is 0 Å². The Labute approximate surface area is 88.0 Å². The van der Waals surface area contributed by atoms with Gasteiger partial charge in [-0.2, -0.15) is 0 Å². The maximum Gasteiger partial charge on any atom is 0.341 e. The van der Waals surface area contributed by atoms with Crippen LogP contribution in [0.15, 0.2) is 0 Å². The first-order valence-corrected chi connectivity index (χ1v) is 4.74. The van der Waals surface area contributed by atoms with Crippen LogP contribution >= 0.6 is 46.1 Å². The normalized spacial score (nSPS) is 10.0. The Morgan fingerprint density at radius 3 is 2.25 bits per heavy atom. The summed E-state index contributed by atoms with van der Waals surface area (Å²) in [6, 6.07) is 0. The van der Waals surface area contributed by atoms with Crippen LogP contribution in [-0.2, 0) is 4.74 Å². The van der Waals surface area contributed by atoms with Crippen molar-refractivity contribution in [2.24, 2.45) is 0 Å². The van der Waals surface area contributed by atoms with Gasteiger partial charge < -0.3 is 4.74 Å². The summed E-state index contributed by atoms with van der Waals surface area (Å²) in [6.45, 7) is 0. The van der Waals surface area contributed by atoms with Crippen LogP contribution in [0.3, 0.4) is 0 Å². The minimum Gasteiger partial charge on any atom is -0.465 e. The second kappa shape index (κ2) is 3.83. The van der Waals surface area contributed by atoms with Crippen molar-refractivity contribution in [3.8, 4) is 0 Å². The number of ether oxygens (including phenoxy) is 1. The molecule has 0 amide bonds. The van der Waals surface area contributed by atoms with Crippen LogP contribution < -0.4 is 0 Å². The smallest absolute Gasteiger partial charge is 0.341 e. The molecule has 0 fully saturated rings. The van der Waals surface area contributed by atoms with Crippen LogP contribution in [0.4, 0.5) is 0 Å². The van der Waals surface area contributed by atoms with E-state index in [1.165, 1.54) is 7.11 Å². The van der Waals surface area contributed by atoms with Gasteiger partial charge in [-0.1, -0.05) is 34.8 Å². The molecule has 12 heavy (non-hydrogen) atoms. The van der Waals surface area contributed by atoms with Crippen molar-refractivity contribution in [3.63, 3.8) is 0 Å². The number of rotatable bonds is 1. The van der Waals surface area contributed by atoms with Gasteiger partial charge in [0.25, 0.3) is 0 Å². The zero-order chi connectivity index (χ0) is 9.30. The van der Waals surface area contributed by atoms with E-state index in [9.17, 15) is 4.79 Å². The third kappa shape index (κ3) is 1.69. The number of carbonyl (C=O) groups excluding carboxylic acids is 1. The highest BCUT2D eigenvalue weighted by Crippen LogP contribution is 2.40. The van der Waals surface area contributed by atoms with Crippen molar-refractivity contribution < 1.29 is 9.53 Å². The monoisotopic (exact) mass is 244 g/mol. The summed E-state index contributed by atoms with van der Waals surface area (Å²) in [5.41, 5.74) is 0.135. The van der Waals surface area contributed by atoms with E-state index in [4.69, 9.17) is 34.8 Å². The zero-order valence-corrected chi connectivity index (χ0v) is 8.94. The molecular weight excluding hydrogens is 242 g/mol. The van der Waals surface area contributed by atoms with E-state index >= 15 is 0 Å². The lowest BCUT2D eigenvalue weighted by molar-refractivity contribution is 0.0602. The highest BCUT2D eigenvalue weighted by Gasteiger charge is 2.21. The third-order valence-electron chi connectivity index (χ3n) is 1.16. The molecule has 0 aliphatic carbocycles. The highest BCUT2D eigenvalue weighted by atomic mass is 35.5. The molecule has 1 rings (SSSR count). The number of carbonyl (C=O) groups is 1. The maximum absolute atomic E-state index is 11.0. The van der Waals surface area contributed by atoms with Crippen LogP contribution in [-0.4, -0.2) is 13.1 Å². The van der Waals surface area contributed by atoms with E-state index in [0.717, 1.165) is 11.3 Å². The number of esters is 1. The Morgan fingerprint density at radius 2 is 1.92 bits per heavy atom. The SMILES string of the molecule is COC(=O)c1c(Cl)sc(Cl)c1Cl. The van der Waals surface area contributed by atoms with E-state index in [0.29, 0.717) is 4.34 Å². The van der Waals surface area contributed by atoms with Gasteiger partial charge in [0.2, 0.25) is 0 Å². The molecule has 0 N–H and O–H groups in total. The summed E-state index contributed by atoms with van der Waals surface area (Å²) in [7, 11) is 1.25. The maximum atomic E-state index is 11.0. The predicted molar refractivity (Wildman–Crippen MR) is 50.7 cm³/mol. The van der Waals surface area contributed by atoms with Crippen molar-refractivity contribution in [1.82, 2.24) is 0 Å². The Hall–Kier alpha value is 0.0400. The Bertz CT molecular complexity index is 321. The van der Waals surface area contributed by atoms with Gasteiger partial charge in [0.1, 0.15) is 14.2 Å². The van der Waals surface area contributed by atoms with Crippen molar-refractivity contribution in [1.29, 1.82) is 0 Å². The van der Waals surface area contributed by atoms with Crippen LogP contribution in [0.1, 0.15) is 10.4 Å². The van der Waals surface area contributed by atoms with Gasteiger partial charge in [0.15, 0.2) is 0 Å². The Morgan fingerprint density at radius 1 is 1.33 bits per heavy atom. The number of methoxy groups -OCH3 is 1. The third-order valence-corrected chi connectivity index (χ3v) is 3.35. The molecule has 0 atom stereocenters. The summed E-state index contributed by atoms with van der Waals surface area (Å²) >= 11 is 18.0. The molecule has 0 saturated heterocycles. The standard InChI is InChI=1S/C6H3Cl3O2S/c1-11-6(10)2-3(7)5(9)12-4(2)8/h1H3. The molecule has 0 spiro atoms. The molecule has 1 heterocycles. The average molecular weight is 246 g/mol. The second-order valence-corrected chi connectivity index (χ2v) is 4.43. The van der Waals surface area contributed by atoms with E-state index in [-0.39, 0.29) is 14.9 Å². The summed E-state index contributed by atoms with van der Waals surface area (Å²) < 4.78 is 4.99. The summed E-state index contributed by atoms with van der Waals surface area (Å²) in [4.78, 5) is 11.0. The fraction of sp³-hybridized carbons (Fsp3) is 0.167. The molecule has 6 heteroatoms. The van der Waals surface area contributed by atoms with Crippen molar-refractivity contribution >= 4 is 52.1 Å². The highest BCUT2D eigenvalue weighted by molar-refractivity contribution is 7.21. The molecule has 2 nitrogen and oxygen atoms in total. The lowest BCUT2D eigenvalue weighted by Crippen LogP contribution is -2.00. The number of hydrogen-bond donors (Lipinski definition) is 0. The number of thiophene rings is 1. The minimum absolute atomic E-state index is 0.135. The lowest BCUT2D eigenvalue weighted by atomic mass is 10.3. The molecule has 0 unspecified atom stereocenters. The van der Waals surface area contributed by atoms with Crippen LogP contribution in [0.5, 0.6) is 0 Å². The number of hydrogen-bond acceptors (Lipinski definition) is 3. The van der Waals surface area contributed by atoms with Crippen LogP contribution in [0.2, 0.25) is 13.7 Å². The topological polar surface area (TPSA) is 26.3 Å². The van der Waals surface area contributed by atoms with Gasteiger partial charge in [0.05, 0.1) is 12.1 Å². The molecule has 0 aromatic carbocycles. The molecule has 0 aliphatic heterocycles. The fourth-order valence-electron chi connectivity index (χ4n) is 0.631. The molecule has 0 aliphatic rings. The minimum atomic E-state index is -0.576. The number of halogens is 3. The first-order valence-electron chi connectivity index (χ1n) is 2.79. The second-order valence-electron chi connectivity index (χ2n) is 1.83. The summed E-state index contributed by atoms with van der Waals surface area (Å²) in [5.74, 6) is -0.576. The van der Waals surface area contributed by atoms with Gasteiger partial charge in [-0.3, -0.25) is 0 Å². The van der Waals surface area contributed by atoms with Crippen molar-refractivity contribution in [3.05, 3.63) is 19.3 Å². The molecular formula is C6H3Cl3O2S. The van der Waals surface area contributed by atoms with Gasteiger partial charge in [-0.25, -0.2) is 4.79 Å². The summed E-state index contributed by atoms with van der Waals surface area (Å²) in [6.07, 6.45) is 0. The quantitative estimate of drug-likeness (QED) is 0.708. The van der Waals surface area contributed by atoms with E-state index in [1.54, 1.807) is 0 Å². The van der Waals surface area contributed by atoms with Gasteiger partial charge in [-0.15, -0.1) is 11.3 Å². The van der Waals surface area contributed by atoms with Gasteiger partial charge >= 0.3 is 5.97 Å². The predicted octanol–water partition coefficient (Wildman–Crippen LogP) is 3.49. The molecule has 0 bridgehead atoms. The van der Waals surface area contributed by atoms with Crippen molar-refractivity contribution in [2.45, 2.75) is 0 Å². The summed E-state index contributed by atoms with van der Waals surface area (Å²) in [5, 5.41) is 0.151. The molecule has 66 valence electrons.